The first-order valence-electron chi connectivity index (χ1n) is 34.5. The summed E-state index contributed by atoms with van der Waals surface area (Å²) < 4.78 is 20.8. The van der Waals surface area contributed by atoms with Crippen molar-refractivity contribution in [3.05, 3.63) is 292 Å². The molecule has 3 aromatic heterocycles. The number of benzene rings is 13. The second kappa shape index (κ2) is 18.3. The first-order valence-corrected chi connectivity index (χ1v) is 34.5. The smallest absolute Gasteiger partial charge is 0.144 e. The van der Waals surface area contributed by atoms with E-state index in [1.54, 1.807) is 0 Å². The van der Waals surface area contributed by atoms with Gasteiger partial charge in [0.25, 0.3) is 0 Å². The molecule has 0 saturated heterocycles. The van der Waals surface area contributed by atoms with Gasteiger partial charge in [-0.25, -0.2) is 0 Å². The van der Waals surface area contributed by atoms with Crippen LogP contribution < -0.4 is 4.90 Å². The van der Waals surface area contributed by atoms with E-state index >= 15 is 0 Å². The fourth-order valence-electron chi connectivity index (χ4n) is 19.4. The third-order valence-electron chi connectivity index (χ3n) is 24.2. The molecule has 21 rings (SSSR count). The molecule has 4 heteroatoms. The van der Waals surface area contributed by atoms with E-state index in [2.05, 4.69) is 311 Å². The molecule has 3 heterocycles. The topological polar surface area (TPSA) is 42.7 Å². The second-order valence-corrected chi connectivity index (χ2v) is 31.0. The van der Waals surface area contributed by atoms with Gasteiger partial charge in [-0.1, -0.05) is 221 Å². The molecule has 0 radical (unpaired) electrons. The van der Waals surface area contributed by atoms with Gasteiger partial charge in [-0.3, -0.25) is 0 Å². The van der Waals surface area contributed by atoms with Gasteiger partial charge >= 0.3 is 0 Å². The van der Waals surface area contributed by atoms with E-state index in [0.717, 1.165) is 72.5 Å². The van der Waals surface area contributed by atoms with Crippen molar-refractivity contribution >= 4 is 82.9 Å². The number of para-hydroxylation sites is 3. The number of fused-ring (bicyclic) bond motifs is 29. The highest BCUT2D eigenvalue weighted by Crippen LogP contribution is 2.65. The molecular formula is C93H69NO3. The fraction of sp³-hybridized carbons (Fsp3) is 0.161. The lowest BCUT2D eigenvalue weighted by molar-refractivity contribution is 0.600. The zero-order valence-corrected chi connectivity index (χ0v) is 56.2. The Morgan fingerprint density at radius 2 is 0.691 bits per heavy atom. The van der Waals surface area contributed by atoms with Gasteiger partial charge in [0.05, 0.1) is 0 Å². The summed E-state index contributed by atoms with van der Waals surface area (Å²) in [6.07, 6.45) is 0. The zero-order chi connectivity index (χ0) is 65.3. The monoisotopic (exact) mass is 1250 g/mol. The van der Waals surface area contributed by atoms with Gasteiger partial charge in [-0.2, -0.15) is 0 Å². The Kier molecular flexibility index (Phi) is 10.5. The molecule has 0 aliphatic heterocycles. The van der Waals surface area contributed by atoms with Crippen molar-refractivity contribution in [3.63, 3.8) is 0 Å². The predicted molar refractivity (Wildman–Crippen MR) is 402 cm³/mol. The van der Waals surface area contributed by atoms with E-state index in [4.69, 9.17) is 13.3 Å². The van der Waals surface area contributed by atoms with E-state index in [1.807, 2.05) is 0 Å². The van der Waals surface area contributed by atoms with Crippen LogP contribution in [0.2, 0.25) is 0 Å². The largest absolute Gasteiger partial charge is 0.456 e. The Morgan fingerprint density at radius 1 is 0.237 bits per heavy atom. The van der Waals surface area contributed by atoms with Gasteiger partial charge < -0.3 is 18.2 Å². The summed E-state index contributed by atoms with van der Waals surface area (Å²) in [6.45, 7) is 24.4. The summed E-state index contributed by atoms with van der Waals surface area (Å²) >= 11 is 0. The van der Waals surface area contributed by atoms with Gasteiger partial charge in [-0.05, 0) is 207 Å². The van der Waals surface area contributed by atoms with Gasteiger partial charge in [0.15, 0.2) is 0 Å². The second-order valence-electron chi connectivity index (χ2n) is 31.0. The molecule has 0 saturated carbocycles. The Morgan fingerprint density at radius 3 is 1.39 bits per heavy atom. The first kappa shape index (κ1) is 55.4. The number of anilines is 3. The molecule has 0 bridgehead atoms. The number of rotatable bonds is 5. The van der Waals surface area contributed by atoms with Gasteiger partial charge in [0.2, 0.25) is 0 Å². The molecule has 0 unspecified atom stereocenters. The minimum absolute atomic E-state index is 0.223. The highest BCUT2D eigenvalue weighted by atomic mass is 16.3. The third kappa shape index (κ3) is 6.93. The van der Waals surface area contributed by atoms with E-state index in [1.165, 1.54) is 144 Å². The van der Waals surface area contributed by atoms with Crippen molar-refractivity contribution in [2.45, 2.75) is 96.3 Å². The lowest BCUT2D eigenvalue weighted by Gasteiger charge is -2.32. The van der Waals surface area contributed by atoms with Crippen molar-refractivity contribution in [2.24, 2.45) is 0 Å². The summed E-state index contributed by atoms with van der Waals surface area (Å²) in [7, 11) is 0. The van der Waals surface area contributed by atoms with Crippen molar-refractivity contribution in [1.82, 2.24) is 0 Å². The molecule has 97 heavy (non-hydrogen) atoms. The van der Waals surface area contributed by atoms with Crippen molar-refractivity contribution in [1.29, 1.82) is 0 Å². The standard InChI is InChI=1S/C93H69NO3/c1-89(2)67-41-42-77-80(60-28-15-19-32-74(60)95-77)79(67)65-49-71-64(48-72(65)89)56-38-35-53(44-68(56)90(71,3)4)94(55-37-40-59-70(46-55)93(9,10)85-81(59)83-62-30-17-21-34-76(62)97-88(83)84-57-27-14-18-31-66(57)92(7,8)86(84)85)54-36-39-58-69(45-54)91(5,6)73-47-63(52-26-22-25-51(43-52)50-23-12-11-13-24-50)87-82(78(58)73)61-29-16-20-33-75(61)96-87/h11-49H,1-10H3. The lowest BCUT2D eigenvalue weighted by Crippen LogP contribution is -2.24. The fourth-order valence-corrected chi connectivity index (χ4v) is 19.4. The minimum Gasteiger partial charge on any atom is -0.456 e. The molecule has 0 N–H and O–H groups in total. The first-order chi connectivity index (χ1) is 46.9. The molecule has 16 aromatic rings. The summed E-state index contributed by atoms with van der Waals surface area (Å²) in [5, 5.41) is 7.05. The van der Waals surface area contributed by atoms with Crippen LogP contribution in [-0.2, 0) is 27.1 Å². The van der Waals surface area contributed by atoms with Crippen molar-refractivity contribution in [3.8, 4) is 77.9 Å². The lowest BCUT2D eigenvalue weighted by atomic mass is 9.72. The molecule has 0 amide bonds. The SMILES string of the molecule is CC1(C)c2cc(N(c3ccc4c(c3)C(C)(C)c3cc(-c5cccc(-c6ccccc6)c5)c5oc6ccccc6c5c3-4)c3ccc4c(c3)C(C)(C)c3c5c(c6oc7ccccc7c6c3-4)-c3ccccc3C5(C)C)ccc2-c2cc3c(cc21)-c1c(ccc2oc4ccccc4c12)C3(C)C. The van der Waals surface area contributed by atoms with E-state index < -0.39 is 10.8 Å². The van der Waals surface area contributed by atoms with Crippen molar-refractivity contribution in [2.75, 3.05) is 4.90 Å². The molecular weight excluding hydrogens is 1180 g/mol. The average Bonchev–Trinajstić information content (AvgIpc) is 1.52. The number of furan rings is 3. The van der Waals surface area contributed by atoms with Crippen LogP contribution in [-0.4, -0.2) is 0 Å². The van der Waals surface area contributed by atoms with E-state index in [-0.39, 0.29) is 16.2 Å². The summed E-state index contributed by atoms with van der Waals surface area (Å²) in [6, 6.07) is 88.8. The van der Waals surface area contributed by atoms with Gasteiger partial charge in [0.1, 0.15) is 33.5 Å². The highest BCUT2D eigenvalue weighted by molar-refractivity contribution is 6.22. The maximum absolute atomic E-state index is 7.14. The quantitative estimate of drug-likeness (QED) is 0.172. The van der Waals surface area contributed by atoms with E-state index in [0.29, 0.717) is 0 Å². The average molecular weight is 1250 g/mol. The predicted octanol–water partition coefficient (Wildman–Crippen LogP) is 25.7. The minimum atomic E-state index is -0.404. The number of hydrogen-bond acceptors (Lipinski definition) is 4. The number of nitrogens with zero attached hydrogens (tertiary/aromatic N) is 1. The maximum atomic E-state index is 7.14. The van der Waals surface area contributed by atoms with Crippen molar-refractivity contribution < 1.29 is 13.3 Å². The van der Waals surface area contributed by atoms with Crippen LogP contribution in [0.25, 0.3) is 144 Å². The molecule has 0 spiro atoms. The van der Waals surface area contributed by atoms with Crippen LogP contribution in [0, 0.1) is 0 Å². The molecule has 0 atom stereocenters. The van der Waals surface area contributed by atoms with Crippen LogP contribution in [0.5, 0.6) is 0 Å². The van der Waals surface area contributed by atoms with Crippen LogP contribution in [0.15, 0.2) is 250 Å². The summed E-state index contributed by atoms with van der Waals surface area (Å²) in [4.78, 5) is 2.58. The van der Waals surface area contributed by atoms with E-state index in [9.17, 15) is 0 Å². The van der Waals surface area contributed by atoms with Crippen LogP contribution in [0.1, 0.15) is 125 Å². The Hall–Kier alpha value is -10.9. The Bertz CT molecular complexity index is 6290. The van der Waals surface area contributed by atoms with Gasteiger partial charge in [0, 0.05) is 87.6 Å². The molecule has 0 fully saturated rings. The van der Waals surface area contributed by atoms with Crippen LogP contribution in [0.4, 0.5) is 17.1 Å². The normalized spacial score (nSPS) is 16.1. The Balaban J connectivity index is 0.775. The molecule has 464 valence electrons. The molecule has 5 aliphatic carbocycles. The van der Waals surface area contributed by atoms with Crippen LogP contribution in [0.3, 0.4) is 0 Å². The molecule has 4 nitrogen and oxygen atoms in total. The summed E-state index contributed by atoms with van der Waals surface area (Å²) in [5.41, 5.74) is 38.1. The molecule has 13 aromatic carbocycles. The maximum Gasteiger partial charge on any atom is 0.144 e. The van der Waals surface area contributed by atoms with Crippen LogP contribution >= 0.6 is 0 Å². The van der Waals surface area contributed by atoms with Gasteiger partial charge in [-0.15, -0.1) is 0 Å². The highest BCUT2D eigenvalue weighted by Gasteiger charge is 2.50. The summed E-state index contributed by atoms with van der Waals surface area (Å²) in [5.74, 6) is 0. The molecule has 5 aliphatic rings. The number of hydrogen-bond donors (Lipinski definition) is 0. The zero-order valence-electron chi connectivity index (χ0n) is 56.2. The Labute approximate surface area is 564 Å². The third-order valence-corrected chi connectivity index (χ3v) is 24.2.